The standard InChI is InChI=1S/C16H18N2O3/c1-16(6-8-17-9-7-16)18-15(20)14-10-12(19)11-4-2-3-5-13(11)21-14/h2-5,10,17H,6-9H2,1H3,(H,18,20). The topological polar surface area (TPSA) is 71.3 Å². The molecule has 2 heterocycles. The Hall–Kier alpha value is -2.14. The summed E-state index contributed by atoms with van der Waals surface area (Å²) in [6.45, 7) is 3.77. The zero-order valence-electron chi connectivity index (χ0n) is 11.9. The second kappa shape index (κ2) is 5.33. The summed E-state index contributed by atoms with van der Waals surface area (Å²) in [4.78, 5) is 24.4. The van der Waals surface area contributed by atoms with Crippen molar-refractivity contribution in [2.45, 2.75) is 25.3 Å². The molecule has 0 radical (unpaired) electrons. The van der Waals surface area contributed by atoms with Gasteiger partial charge in [-0.05, 0) is 45.0 Å². The number of rotatable bonds is 2. The third-order valence-electron chi connectivity index (χ3n) is 3.98. The Morgan fingerprint density at radius 1 is 1.29 bits per heavy atom. The number of carbonyl (C=O) groups excluding carboxylic acids is 1. The van der Waals surface area contributed by atoms with Crippen LogP contribution in [-0.2, 0) is 0 Å². The Kier molecular flexibility index (Phi) is 3.51. The third-order valence-corrected chi connectivity index (χ3v) is 3.98. The van der Waals surface area contributed by atoms with Gasteiger partial charge in [0, 0.05) is 11.6 Å². The van der Waals surface area contributed by atoms with Crippen LogP contribution in [0.25, 0.3) is 11.0 Å². The number of amides is 1. The number of piperidine rings is 1. The second-order valence-electron chi connectivity index (χ2n) is 5.74. The van der Waals surface area contributed by atoms with Crippen LogP contribution in [0.1, 0.15) is 30.3 Å². The molecule has 1 amide bonds. The SMILES string of the molecule is CC1(NC(=O)c2cc(=O)c3ccccc3o2)CCNCC1. The van der Waals surface area contributed by atoms with Gasteiger partial charge < -0.3 is 15.1 Å². The minimum absolute atomic E-state index is 0.0680. The summed E-state index contributed by atoms with van der Waals surface area (Å²) < 4.78 is 5.56. The molecule has 1 aliphatic heterocycles. The highest BCUT2D eigenvalue weighted by Crippen LogP contribution is 2.18. The lowest BCUT2D eigenvalue weighted by Gasteiger charge is -2.34. The van der Waals surface area contributed by atoms with Crippen LogP contribution in [0.3, 0.4) is 0 Å². The van der Waals surface area contributed by atoms with Crippen LogP contribution < -0.4 is 16.1 Å². The molecule has 0 spiro atoms. The van der Waals surface area contributed by atoms with Gasteiger partial charge in [-0.2, -0.15) is 0 Å². The average molecular weight is 286 g/mol. The second-order valence-corrected chi connectivity index (χ2v) is 5.74. The molecule has 2 N–H and O–H groups in total. The molecule has 5 nitrogen and oxygen atoms in total. The number of carbonyl (C=O) groups is 1. The van der Waals surface area contributed by atoms with Gasteiger partial charge in [0.05, 0.1) is 5.39 Å². The molecule has 1 fully saturated rings. The molecular formula is C16H18N2O3. The van der Waals surface area contributed by atoms with E-state index < -0.39 is 0 Å². The van der Waals surface area contributed by atoms with Crippen molar-refractivity contribution in [1.29, 1.82) is 0 Å². The first-order valence-corrected chi connectivity index (χ1v) is 7.14. The Bertz CT molecular complexity index is 730. The van der Waals surface area contributed by atoms with E-state index in [4.69, 9.17) is 4.42 Å². The summed E-state index contributed by atoms with van der Waals surface area (Å²) in [5.74, 6) is -0.263. The van der Waals surface area contributed by atoms with Gasteiger partial charge in [-0.3, -0.25) is 9.59 Å². The van der Waals surface area contributed by atoms with E-state index >= 15 is 0 Å². The van der Waals surface area contributed by atoms with Crippen molar-refractivity contribution in [2.75, 3.05) is 13.1 Å². The van der Waals surface area contributed by atoms with Crippen LogP contribution in [-0.4, -0.2) is 24.5 Å². The molecule has 0 unspecified atom stereocenters. The normalized spacial score (nSPS) is 17.6. The van der Waals surface area contributed by atoms with Crippen molar-refractivity contribution >= 4 is 16.9 Å². The fourth-order valence-electron chi connectivity index (χ4n) is 2.66. The molecule has 1 aromatic heterocycles. The van der Waals surface area contributed by atoms with Crippen molar-refractivity contribution in [3.63, 3.8) is 0 Å². The van der Waals surface area contributed by atoms with Gasteiger partial charge in [0.25, 0.3) is 5.91 Å². The number of para-hydroxylation sites is 1. The molecule has 5 heteroatoms. The lowest BCUT2D eigenvalue weighted by molar-refractivity contribution is 0.0859. The van der Waals surface area contributed by atoms with Gasteiger partial charge in [-0.1, -0.05) is 12.1 Å². The van der Waals surface area contributed by atoms with E-state index in [9.17, 15) is 9.59 Å². The van der Waals surface area contributed by atoms with Crippen LogP contribution in [0.4, 0.5) is 0 Å². The Morgan fingerprint density at radius 3 is 2.76 bits per heavy atom. The largest absolute Gasteiger partial charge is 0.451 e. The van der Waals surface area contributed by atoms with Gasteiger partial charge in [0.2, 0.25) is 0 Å². The van der Waals surface area contributed by atoms with E-state index in [2.05, 4.69) is 10.6 Å². The summed E-state index contributed by atoms with van der Waals surface area (Å²) >= 11 is 0. The zero-order valence-corrected chi connectivity index (χ0v) is 11.9. The highest BCUT2D eigenvalue weighted by molar-refractivity contribution is 5.93. The first kappa shape index (κ1) is 13.8. The van der Waals surface area contributed by atoms with Gasteiger partial charge in [0.1, 0.15) is 5.58 Å². The number of benzene rings is 1. The van der Waals surface area contributed by atoms with Crippen molar-refractivity contribution < 1.29 is 9.21 Å². The molecule has 1 saturated heterocycles. The lowest BCUT2D eigenvalue weighted by atomic mass is 9.90. The molecule has 0 atom stereocenters. The van der Waals surface area contributed by atoms with Crippen LogP contribution in [0.2, 0.25) is 0 Å². The van der Waals surface area contributed by atoms with E-state index in [0.717, 1.165) is 25.9 Å². The first-order valence-electron chi connectivity index (χ1n) is 7.14. The van der Waals surface area contributed by atoms with Crippen LogP contribution in [0, 0.1) is 0 Å². The van der Waals surface area contributed by atoms with E-state index in [1.807, 2.05) is 6.92 Å². The fraction of sp³-hybridized carbons (Fsp3) is 0.375. The van der Waals surface area contributed by atoms with Crippen molar-refractivity contribution in [1.82, 2.24) is 10.6 Å². The van der Waals surface area contributed by atoms with Gasteiger partial charge in [-0.15, -0.1) is 0 Å². The predicted octanol–water partition coefficient (Wildman–Crippen LogP) is 1.66. The number of nitrogens with one attached hydrogen (secondary N) is 2. The van der Waals surface area contributed by atoms with E-state index in [-0.39, 0.29) is 22.6 Å². The van der Waals surface area contributed by atoms with Crippen molar-refractivity contribution in [2.24, 2.45) is 0 Å². The van der Waals surface area contributed by atoms with Gasteiger partial charge in [-0.25, -0.2) is 0 Å². The summed E-state index contributed by atoms with van der Waals surface area (Å²) in [5.41, 5.74) is -0.0184. The van der Waals surface area contributed by atoms with Crippen LogP contribution in [0.15, 0.2) is 39.5 Å². The minimum Gasteiger partial charge on any atom is -0.451 e. The zero-order chi connectivity index (χ0) is 14.9. The Balaban J connectivity index is 1.89. The first-order chi connectivity index (χ1) is 10.1. The minimum atomic E-state index is -0.331. The number of hydrogen-bond donors (Lipinski definition) is 2. The lowest BCUT2D eigenvalue weighted by Crippen LogP contribution is -2.52. The molecule has 1 aliphatic rings. The summed E-state index contributed by atoms with van der Waals surface area (Å²) in [7, 11) is 0. The van der Waals surface area contributed by atoms with Gasteiger partial charge >= 0.3 is 0 Å². The predicted molar refractivity (Wildman–Crippen MR) is 80.5 cm³/mol. The average Bonchev–Trinajstić information content (AvgIpc) is 2.47. The quantitative estimate of drug-likeness (QED) is 0.881. The molecular weight excluding hydrogens is 268 g/mol. The van der Waals surface area contributed by atoms with Crippen LogP contribution in [0.5, 0.6) is 0 Å². The summed E-state index contributed by atoms with van der Waals surface area (Å²) in [6, 6.07) is 8.20. The smallest absolute Gasteiger partial charge is 0.287 e. The molecule has 2 aromatic rings. The van der Waals surface area contributed by atoms with Crippen LogP contribution >= 0.6 is 0 Å². The molecule has 0 saturated carbocycles. The molecule has 1 aromatic carbocycles. The van der Waals surface area contributed by atoms with E-state index in [1.165, 1.54) is 6.07 Å². The Labute approximate surface area is 122 Å². The summed E-state index contributed by atoms with van der Waals surface area (Å²) in [5, 5.41) is 6.74. The molecule has 0 bridgehead atoms. The highest BCUT2D eigenvalue weighted by Gasteiger charge is 2.29. The molecule has 3 rings (SSSR count). The maximum Gasteiger partial charge on any atom is 0.287 e. The van der Waals surface area contributed by atoms with E-state index in [1.54, 1.807) is 24.3 Å². The maximum atomic E-state index is 12.3. The molecule has 0 aliphatic carbocycles. The monoisotopic (exact) mass is 286 g/mol. The molecule has 110 valence electrons. The highest BCUT2D eigenvalue weighted by atomic mass is 16.3. The molecule has 21 heavy (non-hydrogen) atoms. The maximum absolute atomic E-state index is 12.3. The van der Waals surface area contributed by atoms with E-state index in [0.29, 0.717) is 11.0 Å². The van der Waals surface area contributed by atoms with Gasteiger partial charge in [0.15, 0.2) is 11.2 Å². The third kappa shape index (κ3) is 2.83. The number of hydrogen-bond acceptors (Lipinski definition) is 4. The fourth-order valence-corrected chi connectivity index (χ4v) is 2.66. The Morgan fingerprint density at radius 2 is 2.00 bits per heavy atom. The number of fused-ring (bicyclic) bond motifs is 1. The van der Waals surface area contributed by atoms with Crippen molar-refractivity contribution in [3.05, 3.63) is 46.3 Å². The van der Waals surface area contributed by atoms with Crippen molar-refractivity contribution in [3.8, 4) is 0 Å². The summed E-state index contributed by atoms with van der Waals surface area (Å²) in [6.07, 6.45) is 1.72.